The second kappa shape index (κ2) is 6.06. The van der Waals surface area contributed by atoms with Crippen molar-refractivity contribution in [3.05, 3.63) is 34.9 Å². The molecule has 1 aromatic carbocycles. The lowest BCUT2D eigenvalue weighted by Crippen LogP contribution is -2.55. The number of carbonyl (C=O) groups is 1. The van der Waals surface area contributed by atoms with Crippen LogP contribution in [0.5, 0.6) is 0 Å². The lowest BCUT2D eigenvalue weighted by molar-refractivity contribution is -0.141. The molecule has 6 heteroatoms. The molecule has 1 aliphatic heterocycles. The van der Waals surface area contributed by atoms with Crippen LogP contribution < -0.4 is 5.73 Å². The molecular weight excluding hydrogens is 364 g/mol. The van der Waals surface area contributed by atoms with Crippen LogP contribution in [-0.2, 0) is 16.8 Å². The van der Waals surface area contributed by atoms with Crippen molar-refractivity contribution in [3.8, 4) is 6.07 Å². The van der Waals surface area contributed by atoms with Crippen molar-refractivity contribution in [1.82, 2.24) is 4.90 Å². The molecule has 29 heavy (non-hydrogen) atoms. The molecule has 6 nitrogen and oxygen atoms in total. The van der Waals surface area contributed by atoms with Gasteiger partial charge in [0.25, 0.3) is 5.91 Å². The number of aliphatic hydroxyl groups is 1. The Morgan fingerprint density at radius 2 is 2.00 bits per heavy atom. The van der Waals surface area contributed by atoms with Crippen LogP contribution in [0.1, 0.15) is 56.2 Å². The first-order valence-corrected chi connectivity index (χ1v) is 10.7. The van der Waals surface area contributed by atoms with Crippen LogP contribution in [0, 0.1) is 34.5 Å². The summed E-state index contributed by atoms with van der Waals surface area (Å²) in [6.07, 6.45) is 4.05. The zero-order valence-corrected chi connectivity index (χ0v) is 17.1. The fourth-order valence-electron chi connectivity index (χ4n) is 6.31. The number of nitrogens with two attached hydrogens (primary N) is 1. The van der Waals surface area contributed by atoms with Crippen LogP contribution in [0.25, 0.3) is 0 Å². The summed E-state index contributed by atoms with van der Waals surface area (Å²) in [7, 11) is 0. The molecule has 2 fully saturated rings. The molecule has 0 bridgehead atoms. The van der Waals surface area contributed by atoms with E-state index in [1.54, 1.807) is 4.90 Å². The topological polar surface area (TPSA) is 103 Å². The maximum Gasteiger partial charge on any atom is 0.262 e. The van der Waals surface area contributed by atoms with E-state index in [0.717, 1.165) is 43.2 Å². The predicted molar refractivity (Wildman–Crippen MR) is 109 cm³/mol. The number of fused-ring (bicyclic) bond motifs is 3. The van der Waals surface area contributed by atoms with Gasteiger partial charge >= 0.3 is 0 Å². The maximum absolute atomic E-state index is 14.0. The lowest BCUT2D eigenvalue weighted by atomic mass is 9.56. The largest absolute Gasteiger partial charge is 0.393 e. The molecule has 1 aromatic rings. The highest BCUT2D eigenvalue weighted by molar-refractivity contribution is 6.08. The monoisotopic (exact) mass is 392 g/mol. The number of benzene rings is 1. The van der Waals surface area contributed by atoms with E-state index in [1.807, 2.05) is 18.2 Å². The molecule has 5 atom stereocenters. The minimum atomic E-state index is -1.07. The normalized spacial score (nSPS) is 38.4. The summed E-state index contributed by atoms with van der Waals surface area (Å²) in [6.45, 7) is 4.76. The van der Waals surface area contributed by atoms with Gasteiger partial charge in [-0.25, -0.2) is 4.99 Å². The van der Waals surface area contributed by atoms with Gasteiger partial charge in [0.1, 0.15) is 0 Å². The first-order chi connectivity index (χ1) is 13.8. The number of hydrogen-bond donors (Lipinski definition) is 2. The third-order valence-electron chi connectivity index (χ3n) is 7.77. The first kappa shape index (κ1) is 18.6. The van der Waals surface area contributed by atoms with E-state index >= 15 is 0 Å². The molecular formula is C23H28N4O2. The van der Waals surface area contributed by atoms with Crippen molar-refractivity contribution < 1.29 is 9.90 Å². The fourth-order valence-corrected chi connectivity index (χ4v) is 6.31. The van der Waals surface area contributed by atoms with E-state index in [2.05, 4.69) is 19.9 Å². The number of guanidine groups is 1. The zero-order chi connectivity index (χ0) is 20.6. The fraction of sp³-hybridized carbons (Fsp3) is 0.609. The maximum atomic E-state index is 14.0. The molecule has 2 spiro atoms. The van der Waals surface area contributed by atoms with Crippen LogP contribution in [0.2, 0.25) is 0 Å². The molecule has 1 heterocycles. The number of carbonyl (C=O) groups excluding carboxylic acids is 1. The number of nitrogens with zero attached hydrogens (tertiary/aromatic N) is 3. The van der Waals surface area contributed by atoms with Gasteiger partial charge < -0.3 is 10.8 Å². The zero-order valence-electron chi connectivity index (χ0n) is 17.1. The van der Waals surface area contributed by atoms with Crippen molar-refractivity contribution >= 4 is 11.9 Å². The van der Waals surface area contributed by atoms with Crippen molar-refractivity contribution in [2.45, 2.75) is 57.6 Å². The number of hydrogen-bond acceptors (Lipinski definition) is 5. The Balaban J connectivity index is 1.69. The van der Waals surface area contributed by atoms with E-state index in [0.29, 0.717) is 24.0 Å². The van der Waals surface area contributed by atoms with E-state index in [9.17, 15) is 15.2 Å². The Morgan fingerprint density at radius 3 is 2.62 bits per heavy atom. The summed E-state index contributed by atoms with van der Waals surface area (Å²) in [6, 6.07) is 7.86. The SMILES string of the molecule is C[C@@H]1CC2(Cc3ccc(C#N)cc3[C@]23N=C(N)N(CC2CC2)C3=O)C[C@H](C)C1O. The molecule has 3 aliphatic carbocycles. The van der Waals surface area contributed by atoms with Crippen molar-refractivity contribution in [1.29, 1.82) is 5.26 Å². The Bertz CT molecular complexity index is 948. The highest BCUT2D eigenvalue weighted by Gasteiger charge is 2.68. The van der Waals surface area contributed by atoms with Crippen LogP contribution in [-0.4, -0.2) is 34.5 Å². The van der Waals surface area contributed by atoms with Gasteiger partial charge in [-0.15, -0.1) is 0 Å². The van der Waals surface area contributed by atoms with Gasteiger partial charge in [-0.05, 0) is 73.1 Å². The molecule has 4 aliphatic rings. The third-order valence-corrected chi connectivity index (χ3v) is 7.77. The molecule has 2 unspecified atom stereocenters. The quantitative estimate of drug-likeness (QED) is 0.806. The van der Waals surface area contributed by atoms with Gasteiger partial charge in [-0.3, -0.25) is 9.69 Å². The van der Waals surface area contributed by atoms with Crippen LogP contribution >= 0.6 is 0 Å². The Morgan fingerprint density at radius 1 is 1.31 bits per heavy atom. The second-order valence-electron chi connectivity index (χ2n) is 9.83. The highest BCUT2D eigenvalue weighted by atomic mass is 16.3. The molecule has 1 amide bonds. The highest BCUT2D eigenvalue weighted by Crippen LogP contribution is 2.63. The Labute approximate surface area is 171 Å². The predicted octanol–water partition coefficient (Wildman–Crippen LogP) is 2.29. The average molecular weight is 393 g/mol. The van der Waals surface area contributed by atoms with E-state index < -0.39 is 11.0 Å². The molecule has 152 valence electrons. The number of aliphatic imine (C=N–C) groups is 1. The molecule has 0 aromatic heterocycles. The molecule has 3 N–H and O–H groups in total. The van der Waals surface area contributed by atoms with Crippen LogP contribution in [0.3, 0.4) is 0 Å². The van der Waals surface area contributed by atoms with E-state index in [4.69, 9.17) is 10.7 Å². The van der Waals surface area contributed by atoms with Crippen LogP contribution in [0.15, 0.2) is 23.2 Å². The minimum absolute atomic E-state index is 0.0356. The van der Waals surface area contributed by atoms with E-state index in [-0.39, 0.29) is 23.8 Å². The number of aliphatic hydroxyl groups excluding tert-OH is 1. The minimum Gasteiger partial charge on any atom is -0.393 e. The molecule has 2 saturated carbocycles. The number of amides is 1. The molecule has 5 rings (SSSR count). The van der Waals surface area contributed by atoms with Crippen molar-refractivity contribution in [3.63, 3.8) is 0 Å². The summed E-state index contributed by atoms with van der Waals surface area (Å²) < 4.78 is 0. The number of nitriles is 1. The first-order valence-electron chi connectivity index (χ1n) is 10.7. The van der Waals surface area contributed by atoms with Gasteiger partial charge in [-0.1, -0.05) is 19.9 Å². The summed E-state index contributed by atoms with van der Waals surface area (Å²) in [5.74, 6) is 0.926. The number of rotatable bonds is 2. The summed E-state index contributed by atoms with van der Waals surface area (Å²) in [4.78, 5) is 20.6. The summed E-state index contributed by atoms with van der Waals surface area (Å²) >= 11 is 0. The standard InChI is InChI=1S/C23H28N4O2/c1-13-8-22(9-14(2)19(13)28)10-17-6-5-16(11-24)7-18(17)23(22)20(29)27(21(25)26-23)12-15-3-4-15/h5-7,13-15,19,28H,3-4,8-10,12H2,1-2H3,(H2,25,26)/t13-,14+,19?,22?,23-/m1/s1. The Kier molecular flexibility index (Phi) is 3.89. The van der Waals surface area contributed by atoms with Crippen molar-refractivity contribution in [2.75, 3.05) is 6.54 Å². The van der Waals surface area contributed by atoms with Gasteiger partial charge in [0.2, 0.25) is 0 Å². The van der Waals surface area contributed by atoms with Gasteiger partial charge in [-0.2, -0.15) is 5.26 Å². The van der Waals surface area contributed by atoms with Gasteiger partial charge in [0.05, 0.1) is 17.7 Å². The van der Waals surface area contributed by atoms with Gasteiger partial charge in [0, 0.05) is 12.0 Å². The van der Waals surface area contributed by atoms with Gasteiger partial charge in [0.15, 0.2) is 11.5 Å². The van der Waals surface area contributed by atoms with Crippen LogP contribution in [0.4, 0.5) is 0 Å². The summed E-state index contributed by atoms with van der Waals surface area (Å²) in [5.41, 5.74) is 7.34. The third kappa shape index (κ3) is 2.43. The van der Waals surface area contributed by atoms with E-state index in [1.165, 1.54) is 0 Å². The molecule has 0 saturated heterocycles. The Hall–Kier alpha value is -2.39. The summed E-state index contributed by atoms with van der Waals surface area (Å²) in [5, 5.41) is 20.1. The average Bonchev–Trinajstić information content (AvgIpc) is 3.43. The second-order valence-corrected chi connectivity index (χ2v) is 9.83. The van der Waals surface area contributed by atoms with Crippen molar-refractivity contribution in [2.24, 2.45) is 33.9 Å². The smallest absolute Gasteiger partial charge is 0.262 e. The lowest BCUT2D eigenvalue weighted by Gasteiger charge is -2.49. The molecule has 0 radical (unpaired) electrons.